The van der Waals surface area contributed by atoms with Crippen LogP contribution in [0.15, 0.2) is 0 Å². The molecule has 1 aromatic rings. The van der Waals surface area contributed by atoms with Gasteiger partial charge in [-0.1, -0.05) is 17.8 Å². The van der Waals surface area contributed by atoms with Gasteiger partial charge in [0.1, 0.15) is 4.88 Å². The molecule has 1 rings (SSSR count). The predicted octanol–water partition coefficient (Wildman–Crippen LogP) is -0.0826. The van der Waals surface area contributed by atoms with E-state index in [9.17, 15) is 4.79 Å². The first-order chi connectivity index (χ1) is 8.24. The number of aryl methyl sites for hydroxylation is 1. The Morgan fingerprint density at radius 1 is 1.35 bits per heavy atom. The van der Waals surface area contributed by atoms with Crippen molar-refractivity contribution in [3.8, 4) is 0 Å². The first-order valence-electron chi connectivity index (χ1n) is 5.56. The van der Waals surface area contributed by atoms with Gasteiger partial charge in [0.15, 0.2) is 0 Å². The van der Waals surface area contributed by atoms with Crippen molar-refractivity contribution in [3.05, 3.63) is 10.6 Å². The van der Waals surface area contributed by atoms with Gasteiger partial charge < -0.3 is 15.1 Å². The van der Waals surface area contributed by atoms with E-state index in [0.29, 0.717) is 17.0 Å². The van der Waals surface area contributed by atoms with Gasteiger partial charge in [-0.05, 0) is 18.0 Å². The lowest BCUT2D eigenvalue weighted by atomic mass is 10.2. The molecule has 1 amide bonds. The van der Waals surface area contributed by atoms with Crippen LogP contribution in [0.25, 0.3) is 0 Å². The highest BCUT2D eigenvalue weighted by atomic mass is 32.1. The summed E-state index contributed by atoms with van der Waals surface area (Å²) in [5, 5.41) is 21.7. The summed E-state index contributed by atoms with van der Waals surface area (Å²) < 4.78 is 3.78. The summed E-state index contributed by atoms with van der Waals surface area (Å²) in [5.41, 5.74) is 0.698. The van der Waals surface area contributed by atoms with Crippen molar-refractivity contribution < 1.29 is 15.0 Å². The van der Waals surface area contributed by atoms with E-state index in [1.807, 2.05) is 6.92 Å². The third kappa shape index (κ3) is 3.72. The SMILES string of the molecule is CCCc1nnsc1C(=O)N(CCO)CCO. The number of rotatable bonds is 7. The molecule has 96 valence electrons. The lowest BCUT2D eigenvalue weighted by Crippen LogP contribution is -2.35. The molecule has 0 fully saturated rings. The van der Waals surface area contributed by atoms with Gasteiger partial charge in [-0.2, -0.15) is 0 Å². The number of hydrogen-bond donors (Lipinski definition) is 2. The minimum absolute atomic E-state index is 0.124. The lowest BCUT2D eigenvalue weighted by Gasteiger charge is -2.19. The first kappa shape index (κ1) is 14.0. The van der Waals surface area contributed by atoms with Crippen LogP contribution in [0.5, 0.6) is 0 Å². The van der Waals surface area contributed by atoms with Crippen LogP contribution >= 0.6 is 11.5 Å². The molecule has 0 atom stereocenters. The molecule has 1 aromatic heterocycles. The van der Waals surface area contributed by atoms with E-state index in [0.717, 1.165) is 18.0 Å². The van der Waals surface area contributed by atoms with E-state index < -0.39 is 0 Å². The van der Waals surface area contributed by atoms with Crippen LogP contribution < -0.4 is 0 Å². The minimum Gasteiger partial charge on any atom is -0.395 e. The van der Waals surface area contributed by atoms with E-state index in [4.69, 9.17) is 10.2 Å². The zero-order valence-corrected chi connectivity index (χ0v) is 10.6. The maximum atomic E-state index is 12.1. The second-order valence-corrected chi connectivity index (χ2v) is 4.29. The number of carbonyl (C=O) groups is 1. The average molecular weight is 259 g/mol. The third-order valence-electron chi connectivity index (χ3n) is 2.26. The molecule has 0 saturated carbocycles. The molecule has 0 bridgehead atoms. The molecule has 0 spiro atoms. The Morgan fingerprint density at radius 3 is 2.53 bits per heavy atom. The molecule has 0 aliphatic carbocycles. The number of aliphatic hydroxyl groups is 2. The van der Waals surface area contributed by atoms with Crippen molar-refractivity contribution in [2.24, 2.45) is 0 Å². The van der Waals surface area contributed by atoms with Gasteiger partial charge in [-0.3, -0.25) is 4.79 Å². The summed E-state index contributed by atoms with van der Waals surface area (Å²) >= 11 is 1.06. The number of aromatic nitrogens is 2. The molecule has 0 radical (unpaired) electrons. The van der Waals surface area contributed by atoms with Gasteiger partial charge in [0.25, 0.3) is 5.91 Å². The summed E-state index contributed by atoms with van der Waals surface area (Å²) in [4.78, 5) is 14.0. The van der Waals surface area contributed by atoms with Crippen LogP contribution in [0.1, 0.15) is 28.7 Å². The molecule has 0 aliphatic heterocycles. The van der Waals surface area contributed by atoms with Crippen molar-refractivity contribution in [2.75, 3.05) is 26.3 Å². The first-order valence-corrected chi connectivity index (χ1v) is 6.34. The van der Waals surface area contributed by atoms with Gasteiger partial charge in [0, 0.05) is 13.1 Å². The van der Waals surface area contributed by atoms with Gasteiger partial charge in [-0.15, -0.1) is 5.10 Å². The minimum atomic E-state index is -0.216. The molecular formula is C10H17N3O3S. The van der Waals surface area contributed by atoms with Crippen LogP contribution in [0, 0.1) is 0 Å². The van der Waals surface area contributed by atoms with Gasteiger partial charge in [0.2, 0.25) is 0 Å². The Labute approximate surface area is 104 Å². The fourth-order valence-electron chi connectivity index (χ4n) is 1.47. The van der Waals surface area contributed by atoms with Crippen molar-refractivity contribution in [1.82, 2.24) is 14.5 Å². The molecule has 0 aromatic carbocycles. The van der Waals surface area contributed by atoms with Gasteiger partial charge in [0.05, 0.1) is 18.9 Å². The molecular weight excluding hydrogens is 242 g/mol. The molecule has 6 nitrogen and oxygen atoms in total. The Morgan fingerprint density at radius 2 is 2.00 bits per heavy atom. The van der Waals surface area contributed by atoms with Gasteiger partial charge >= 0.3 is 0 Å². The van der Waals surface area contributed by atoms with Crippen LogP contribution in [0.3, 0.4) is 0 Å². The van der Waals surface area contributed by atoms with E-state index >= 15 is 0 Å². The summed E-state index contributed by atoms with van der Waals surface area (Å²) in [6, 6.07) is 0. The number of nitrogens with zero attached hydrogens (tertiary/aromatic N) is 3. The van der Waals surface area contributed by atoms with E-state index in [-0.39, 0.29) is 32.2 Å². The number of amides is 1. The Kier molecular flexibility index (Phi) is 6.03. The summed E-state index contributed by atoms with van der Waals surface area (Å²) in [7, 11) is 0. The van der Waals surface area contributed by atoms with Crippen LogP contribution in [-0.4, -0.2) is 56.9 Å². The highest BCUT2D eigenvalue weighted by Crippen LogP contribution is 2.15. The van der Waals surface area contributed by atoms with Crippen LogP contribution in [0.2, 0.25) is 0 Å². The monoisotopic (exact) mass is 259 g/mol. The molecule has 1 heterocycles. The smallest absolute Gasteiger partial charge is 0.267 e. The zero-order chi connectivity index (χ0) is 12.7. The Hall–Kier alpha value is -1.05. The molecule has 2 N–H and O–H groups in total. The maximum Gasteiger partial charge on any atom is 0.267 e. The number of carbonyl (C=O) groups excluding carboxylic acids is 1. The number of aliphatic hydroxyl groups excluding tert-OH is 2. The Balaban J connectivity index is 2.80. The quantitative estimate of drug-likeness (QED) is 0.715. The molecule has 17 heavy (non-hydrogen) atoms. The Bertz CT molecular complexity index is 350. The largest absolute Gasteiger partial charge is 0.395 e. The van der Waals surface area contributed by atoms with E-state index in [2.05, 4.69) is 9.59 Å². The fraction of sp³-hybridized carbons (Fsp3) is 0.700. The van der Waals surface area contributed by atoms with Crippen LogP contribution in [-0.2, 0) is 6.42 Å². The van der Waals surface area contributed by atoms with Crippen molar-refractivity contribution in [3.63, 3.8) is 0 Å². The normalized spacial score (nSPS) is 10.5. The second-order valence-electron chi connectivity index (χ2n) is 3.54. The average Bonchev–Trinajstić information content (AvgIpc) is 2.77. The topological polar surface area (TPSA) is 86.6 Å². The number of hydrogen-bond acceptors (Lipinski definition) is 6. The molecule has 0 aliphatic rings. The second kappa shape index (κ2) is 7.31. The van der Waals surface area contributed by atoms with Crippen LogP contribution in [0.4, 0.5) is 0 Å². The summed E-state index contributed by atoms with van der Waals surface area (Å²) in [6.45, 7) is 2.18. The van der Waals surface area contributed by atoms with Crippen molar-refractivity contribution in [1.29, 1.82) is 0 Å². The maximum absolute atomic E-state index is 12.1. The van der Waals surface area contributed by atoms with Crippen molar-refractivity contribution >= 4 is 17.4 Å². The third-order valence-corrected chi connectivity index (χ3v) is 3.02. The summed E-state index contributed by atoms with van der Waals surface area (Å²) in [6.07, 6.45) is 1.61. The van der Waals surface area contributed by atoms with Gasteiger partial charge in [-0.25, -0.2) is 0 Å². The fourth-order valence-corrected chi connectivity index (χ4v) is 2.15. The molecule has 0 unspecified atom stereocenters. The highest BCUT2D eigenvalue weighted by Gasteiger charge is 2.21. The summed E-state index contributed by atoms with van der Waals surface area (Å²) in [5.74, 6) is -0.216. The molecule has 7 heteroatoms. The van der Waals surface area contributed by atoms with E-state index in [1.165, 1.54) is 4.90 Å². The highest BCUT2D eigenvalue weighted by molar-refractivity contribution is 7.08. The lowest BCUT2D eigenvalue weighted by molar-refractivity contribution is 0.0688. The molecule has 0 saturated heterocycles. The zero-order valence-electron chi connectivity index (χ0n) is 9.80. The predicted molar refractivity (Wildman–Crippen MR) is 64.0 cm³/mol. The van der Waals surface area contributed by atoms with Crippen molar-refractivity contribution in [2.45, 2.75) is 19.8 Å². The standard InChI is InChI=1S/C10H17N3O3S/c1-2-3-8-9(17-12-11-8)10(16)13(4-6-14)5-7-15/h14-15H,2-7H2,1H3. The van der Waals surface area contributed by atoms with E-state index in [1.54, 1.807) is 0 Å².